The molecule has 0 rings (SSSR count). The molecule has 0 heterocycles. The molecule has 0 aromatic heterocycles. The van der Waals surface area contributed by atoms with Gasteiger partial charge in [0.2, 0.25) is 0 Å². The zero-order valence-electron chi connectivity index (χ0n) is 9.30. The molecule has 0 saturated heterocycles. The Morgan fingerprint density at radius 3 is 2.06 bits per heavy atom. The number of aliphatic hydroxyl groups is 2. The summed E-state index contributed by atoms with van der Waals surface area (Å²) < 4.78 is 4.57. The van der Waals surface area contributed by atoms with Crippen LogP contribution in [0.1, 0.15) is 20.3 Å². The Kier molecular flexibility index (Phi) is 6.52. The van der Waals surface area contributed by atoms with Crippen LogP contribution in [-0.4, -0.2) is 47.1 Å². The van der Waals surface area contributed by atoms with Crippen molar-refractivity contribution in [1.82, 2.24) is 0 Å². The minimum Gasteiger partial charge on any atom is -0.463 e. The zero-order valence-corrected chi connectivity index (χ0v) is 9.30. The predicted molar refractivity (Wildman–Crippen MR) is 53.5 cm³/mol. The van der Waals surface area contributed by atoms with Gasteiger partial charge in [0.25, 0.3) is 0 Å². The molecule has 92 valence electrons. The number of ketones is 2. The number of carbonyl (C=O) groups excluding carboxylic acids is 3. The first kappa shape index (κ1) is 14.7. The van der Waals surface area contributed by atoms with Crippen LogP contribution in [0.15, 0.2) is 0 Å². The fourth-order valence-corrected chi connectivity index (χ4v) is 1.04. The molecule has 0 amide bonds. The number of carbonyl (C=O) groups is 3. The van der Waals surface area contributed by atoms with Crippen molar-refractivity contribution in [2.24, 2.45) is 5.92 Å². The lowest BCUT2D eigenvalue weighted by atomic mass is 9.97. The maximum absolute atomic E-state index is 11.2. The minimum absolute atomic E-state index is 0.331. The molecule has 0 aliphatic heterocycles. The molecule has 0 fully saturated rings. The summed E-state index contributed by atoms with van der Waals surface area (Å²) in [6.45, 7) is 1.58. The number of aliphatic hydroxyl groups excluding tert-OH is 2. The van der Waals surface area contributed by atoms with Crippen molar-refractivity contribution in [2.75, 3.05) is 13.2 Å². The summed E-state index contributed by atoms with van der Waals surface area (Å²) in [7, 11) is 0. The Bertz CT molecular complexity index is 258. The first-order valence-corrected chi connectivity index (χ1v) is 4.84. The van der Waals surface area contributed by atoms with Crippen molar-refractivity contribution >= 4 is 17.5 Å². The highest BCUT2D eigenvalue weighted by Crippen LogP contribution is 2.07. The van der Waals surface area contributed by atoms with Crippen molar-refractivity contribution < 1.29 is 29.3 Å². The van der Waals surface area contributed by atoms with Crippen molar-refractivity contribution in [3.63, 3.8) is 0 Å². The van der Waals surface area contributed by atoms with Crippen LogP contribution in [-0.2, 0) is 19.1 Å². The zero-order chi connectivity index (χ0) is 12.7. The molecule has 6 heteroatoms. The first-order valence-electron chi connectivity index (χ1n) is 4.84. The Hall–Kier alpha value is -1.27. The van der Waals surface area contributed by atoms with Gasteiger partial charge in [-0.15, -0.1) is 0 Å². The minimum atomic E-state index is -1.14. The van der Waals surface area contributed by atoms with Crippen LogP contribution in [0.4, 0.5) is 0 Å². The molecular weight excluding hydrogens is 216 g/mol. The van der Waals surface area contributed by atoms with Crippen LogP contribution in [0.5, 0.6) is 0 Å². The largest absolute Gasteiger partial charge is 0.463 e. The highest BCUT2D eigenvalue weighted by molar-refractivity contribution is 6.02. The maximum atomic E-state index is 11.2. The molecule has 6 nitrogen and oxygen atoms in total. The van der Waals surface area contributed by atoms with Gasteiger partial charge in [-0.1, -0.05) is 0 Å². The van der Waals surface area contributed by atoms with E-state index in [9.17, 15) is 14.4 Å². The van der Waals surface area contributed by atoms with E-state index in [2.05, 4.69) is 4.74 Å². The highest BCUT2D eigenvalue weighted by atomic mass is 16.5. The standard InChI is InChI=1S/C10H16O6/c1-6(12)9(7(2)13)3-10(15)16-5-8(14)4-11/h8-9,11,14H,3-5H2,1-2H3. The average Bonchev–Trinajstić information content (AvgIpc) is 2.21. The number of rotatable bonds is 7. The SMILES string of the molecule is CC(=O)C(CC(=O)OCC(O)CO)C(C)=O. The quantitative estimate of drug-likeness (QED) is 0.434. The molecule has 1 unspecified atom stereocenters. The molecule has 0 aromatic carbocycles. The predicted octanol–water partition coefficient (Wildman–Crippen LogP) is -0.933. The fourth-order valence-electron chi connectivity index (χ4n) is 1.04. The Morgan fingerprint density at radius 2 is 1.69 bits per heavy atom. The van der Waals surface area contributed by atoms with E-state index in [0.717, 1.165) is 0 Å². The lowest BCUT2D eigenvalue weighted by Crippen LogP contribution is -2.27. The molecule has 2 N–H and O–H groups in total. The fraction of sp³-hybridized carbons (Fsp3) is 0.700. The van der Waals surface area contributed by atoms with Gasteiger partial charge in [-0.2, -0.15) is 0 Å². The molecule has 0 spiro atoms. The van der Waals surface area contributed by atoms with Gasteiger partial charge in [0.15, 0.2) is 0 Å². The molecular formula is C10H16O6. The van der Waals surface area contributed by atoms with Crippen LogP contribution in [0.2, 0.25) is 0 Å². The van der Waals surface area contributed by atoms with E-state index >= 15 is 0 Å². The van der Waals surface area contributed by atoms with Crippen molar-refractivity contribution in [3.8, 4) is 0 Å². The van der Waals surface area contributed by atoms with E-state index in [1.54, 1.807) is 0 Å². The van der Waals surface area contributed by atoms with Gasteiger partial charge in [0.1, 0.15) is 24.3 Å². The maximum Gasteiger partial charge on any atom is 0.307 e. The summed E-state index contributed by atoms with van der Waals surface area (Å²) in [5, 5.41) is 17.4. The highest BCUT2D eigenvalue weighted by Gasteiger charge is 2.24. The third kappa shape index (κ3) is 5.57. The summed E-state index contributed by atoms with van der Waals surface area (Å²) in [5.74, 6) is -2.53. The average molecular weight is 232 g/mol. The number of ether oxygens (including phenoxy) is 1. The second-order valence-electron chi connectivity index (χ2n) is 3.50. The summed E-state index contributed by atoms with van der Waals surface area (Å²) in [5.41, 5.74) is 0. The normalized spacial score (nSPS) is 12.3. The Balaban J connectivity index is 4.11. The topological polar surface area (TPSA) is 101 Å². The molecule has 0 aromatic rings. The van der Waals surface area contributed by atoms with Crippen LogP contribution in [0.3, 0.4) is 0 Å². The molecule has 0 bridgehead atoms. The third-order valence-electron chi connectivity index (χ3n) is 2.00. The number of hydrogen-bond acceptors (Lipinski definition) is 6. The molecule has 0 aliphatic carbocycles. The van der Waals surface area contributed by atoms with Gasteiger partial charge in [-0.25, -0.2) is 0 Å². The number of hydrogen-bond donors (Lipinski definition) is 2. The van der Waals surface area contributed by atoms with Crippen molar-refractivity contribution in [3.05, 3.63) is 0 Å². The second kappa shape index (κ2) is 7.08. The summed E-state index contributed by atoms with van der Waals surface area (Å²) in [6.07, 6.45) is -1.47. The Morgan fingerprint density at radius 1 is 1.19 bits per heavy atom. The van der Waals surface area contributed by atoms with E-state index in [1.807, 2.05) is 0 Å². The van der Waals surface area contributed by atoms with Crippen LogP contribution >= 0.6 is 0 Å². The lowest BCUT2D eigenvalue weighted by Gasteiger charge is -2.11. The number of esters is 1. The number of Topliss-reactive ketones (excluding diaryl/α,β-unsaturated/α-hetero) is 2. The lowest BCUT2D eigenvalue weighted by molar-refractivity contribution is -0.151. The molecule has 0 radical (unpaired) electrons. The van der Waals surface area contributed by atoms with E-state index in [4.69, 9.17) is 10.2 Å². The van der Waals surface area contributed by atoms with E-state index in [1.165, 1.54) is 13.8 Å². The van der Waals surface area contributed by atoms with Crippen LogP contribution < -0.4 is 0 Å². The monoisotopic (exact) mass is 232 g/mol. The van der Waals surface area contributed by atoms with Crippen LogP contribution in [0.25, 0.3) is 0 Å². The van der Waals surface area contributed by atoms with E-state index in [-0.39, 0.29) is 13.0 Å². The molecule has 0 aliphatic rings. The van der Waals surface area contributed by atoms with Gasteiger partial charge in [-0.3, -0.25) is 14.4 Å². The molecule has 16 heavy (non-hydrogen) atoms. The van der Waals surface area contributed by atoms with Gasteiger partial charge in [0, 0.05) is 0 Å². The Labute approximate surface area is 93.2 Å². The van der Waals surface area contributed by atoms with Crippen LogP contribution in [0, 0.1) is 5.92 Å². The summed E-state index contributed by atoms with van der Waals surface area (Å²) in [6, 6.07) is 0. The van der Waals surface area contributed by atoms with Gasteiger partial charge in [0.05, 0.1) is 18.9 Å². The smallest absolute Gasteiger partial charge is 0.307 e. The first-order chi connectivity index (χ1) is 7.38. The van der Waals surface area contributed by atoms with Gasteiger partial charge < -0.3 is 14.9 Å². The third-order valence-corrected chi connectivity index (χ3v) is 2.00. The second-order valence-corrected chi connectivity index (χ2v) is 3.50. The summed E-state index contributed by atoms with van der Waals surface area (Å²) >= 11 is 0. The summed E-state index contributed by atoms with van der Waals surface area (Å²) in [4.78, 5) is 33.2. The van der Waals surface area contributed by atoms with E-state index < -0.39 is 36.2 Å². The molecule has 0 saturated carbocycles. The van der Waals surface area contributed by atoms with Gasteiger partial charge >= 0.3 is 5.97 Å². The van der Waals surface area contributed by atoms with Crippen molar-refractivity contribution in [2.45, 2.75) is 26.4 Å². The van der Waals surface area contributed by atoms with Crippen molar-refractivity contribution in [1.29, 1.82) is 0 Å². The van der Waals surface area contributed by atoms with Gasteiger partial charge in [-0.05, 0) is 13.8 Å². The van der Waals surface area contributed by atoms with E-state index in [0.29, 0.717) is 0 Å². The molecule has 1 atom stereocenters.